The Kier molecular flexibility index (Phi) is 6.02. The SMILES string of the molecule is COC(=O)[C@H](N)C(C)(C)S.Cl. The summed E-state index contributed by atoms with van der Waals surface area (Å²) >= 11 is 4.12. The minimum Gasteiger partial charge on any atom is -0.468 e. The van der Waals surface area contributed by atoms with Crippen molar-refractivity contribution in [3.05, 3.63) is 0 Å². The van der Waals surface area contributed by atoms with Crippen molar-refractivity contribution in [3.63, 3.8) is 0 Å². The molecule has 68 valence electrons. The van der Waals surface area contributed by atoms with Crippen molar-refractivity contribution in [1.82, 2.24) is 0 Å². The Morgan fingerprint density at radius 1 is 1.64 bits per heavy atom. The van der Waals surface area contributed by atoms with Crippen molar-refractivity contribution >= 4 is 31.0 Å². The van der Waals surface area contributed by atoms with Gasteiger partial charge in [-0.3, -0.25) is 4.79 Å². The number of carbonyl (C=O) groups excluding carboxylic acids is 1. The summed E-state index contributed by atoms with van der Waals surface area (Å²) in [6.07, 6.45) is 0. The van der Waals surface area contributed by atoms with Crippen LogP contribution in [0.15, 0.2) is 0 Å². The standard InChI is InChI=1S/C6H13NO2S.ClH/c1-6(2,10)4(7)5(8)9-3;/h4,10H,7H2,1-3H3;1H/t4-;/m0./s1. The molecule has 0 bridgehead atoms. The first-order valence-corrected chi connectivity index (χ1v) is 3.40. The van der Waals surface area contributed by atoms with Crippen LogP contribution >= 0.6 is 25.0 Å². The third-order valence-electron chi connectivity index (χ3n) is 1.22. The molecular formula is C6H14ClNO2S. The van der Waals surface area contributed by atoms with Gasteiger partial charge in [0, 0.05) is 4.75 Å². The van der Waals surface area contributed by atoms with E-state index in [1.807, 2.05) is 0 Å². The molecule has 5 heteroatoms. The van der Waals surface area contributed by atoms with Gasteiger partial charge in [-0.1, -0.05) is 0 Å². The third kappa shape index (κ3) is 4.50. The summed E-state index contributed by atoms with van der Waals surface area (Å²) in [5, 5.41) is 0. The van der Waals surface area contributed by atoms with E-state index in [1.165, 1.54) is 7.11 Å². The zero-order valence-electron chi connectivity index (χ0n) is 6.83. The van der Waals surface area contributed by atoms with Crippen molar-refractivity contribution in [2.24, 2.45) is 5.73 Å². The molecule has 0 aliphatic heterocycles. The van der Waals surface area contributed by atoms with Crippen LogP contribution in [0, 0.1) is 0 Å². The van der Waals surface area contributed by atoms with Crippen molar-refractivity contribution in [2.75, 3.05) is 7.11 Å². The molecule has 0 aliphatic rings. The van der Waals surface area contributed by atoms with E-state index in [4.69, 9.17) is 5.73 Å². The van der Waals surface area contributed by atoms with Crippen molar-refractivity contribution in [2.45, 2.75) is 24.6 Å². The molecule has 0 spiro atoms. The van der Waals surface area contributed by atoms with Gasteiger partial charge in [0.1, 0.15) is 6.04 Å². The molecule has 0 fully saturated rings. The Labute approximate surface area is 78.5 Å². The fourth-order valence-corrected chi connectivity index (χ4v) is 0.521. The molecule has 0 amide bonds. The highest BCUT2D eigenvalue weighted by atomic mass is 35.5. The second-order valence-corrected chi connectivity index (χ2v) is 3.81. The second-order valence-electron chi connectivity index (χ2n) is 2.65. The Hall–Kier alpha value is 0.0700. The summed E-state index contributed by atoms with van der Waals surface area (Å²) in [6, 6.07) is -0.666. The fraction of sp³-hybridized carbons (Fsp3) is 0.833. The van der Waals surface area contributed by atoms with Crippen LogP contribution in [-0.2, 0) is 9.53 Å². The van der Waals surface area contributed by atoms with Crippen LogP contribution in [0.1, 0.15) is 13.8 Å². The number of nitrogens with two attached hydrogens (primary N) is 1. The number of thiol groups is 1. The molecule has 0 unspecified atom stereocenters. The lowest BCUT2D eigenvalue weighted by molar-refractivity contribution is -0.142. The molecular weight excluding hydrogens is 186 g/mol. The lowest BCUT2D eigenvalue weighted by Gasteiger charge is -2.22. The van der Waals surface area contributed by atoms with Gasteiger partial charge in [0.15, 0.2) is 0 Å². The average molecular weight is 200 g/mol. The number of hydrogen-bond donors (Lipinski definition) is 2. The Morgan fingerprint density at radius 3 is 2.09 bits per heavy atom. The van der Waals surface area contributed by atoms with E-state index < -0.39 is 16.8 Å². The maximum atomic E-state index is 10.8. The number of carbonyl (C=O) groups is 1. The molecule has 0 rings (SSSR count). The first-order valence-electron chi connectivity index (χ1n) is 2.95. The van der Waals surface area contributed by atoms with E-state index in [9.17, 15) is 4.79 Å². The van der Waals surface area contributed by atoms with Gasteiger partial charge >= 0.3 is 5.97 Å². The molecule has 11 heavy (non-hydrogen) atoms. The van der Waals surface area contributed by atoms with Gasteiger partial charge in [-0.25, -0.2) is 0 Å². The van der Waals surface area contributed by atoms with Gasteiger partial charge in [-0.15, -0.1) is 12.4 Å². The second kappa shape index (κ2) is 4.85. The normalized spacial score (nSPS) is 13.2. The molecule has 0 saturated heterocycles. The van der Waals surface area contributed by atoms with E-state index in [0.29, 0.717) is 0 Å². The Balaban J connectivity index is 0. The van der Waals surface area contributed by atoms with E-state index in [0.717, 1.165) is 0 Å². The van der Waals surface area contributed by atoms with Crippen LogP contribution in [-0.4, -0.2) is 23.9 Å². The lowest BCUT2D eigenvalue weighted by atomic mass is 10.1. The van der Waals surface area contributed by atoms with Crippen LogP contribution in [0.3, 0.4) is 0 Å². The zero-order chi connectivity index (χ0) is 8.36. The molecule has 0 aromatic heterocycles. The van der Waals surface area contributed by atoms with Gasteiger partial charge in [0.05, 0.1) is 7.11 Å². The molecule has 3 nitrogen and oxygen atoms in total. The number of hydrogen-bond acceptors (Lipinski definition) is 4. The third-order valence-corrected chi connectivity index (χ3v) is 1.49. The number of methoxy groups -OCH3 is 1. The molecule has 0 aliphatic carbocycles. The number of ether oxygens (including phenoxy) is 1. The predicted octanol–water partition coefficient (Wildman–Crippen LogP) is 0.617. The summed E-state index contributed by atoms with van der Waals surface area (Å²) in [4.78, 5) is 10.8. The highest BCUT2D eigenvalue weighted by Gasteiger charge is 2.28. The minimum absolute atomic E-state index is 0. The van der Waals surface area contributed by atoms with Gasteiger partial charge < -0.3 is 10.5 Å². The van der Waals surface area contributed by atoms with Crippen molar-refractivity contribution in [1.29, 1.82) is 0 Å². The largest absolute Gasteiger partial charge is 0.468 e. The average Bonchev–Trinajstić information content (AvgIpc) is 1.83. The highest BCUT2D eigenvalue weighted by Crippen LogP contribution is 2.16. The highest BCUT2D eigenvalue weighted by molar-refractivity contribution is 7.81. The predicted molar refractivity (Wildman–Crippen MR) is 50.3 cm³/mol. The van der Waals surface area contributed by atoms with E-state index in [1.54, 1.807) is 13.8 Å². The quantitative estimate of drug-likeness (QED) is 0.507. The minimum atomic E-state index is -0.666. The molecule has 1 atom stereocenters. The number of rotatable bonds is 2. The Bertz CT molecular complexity index is 135. The molecule has 0 heterocycles. The Morgan fingerprint density at radius 2 is 2.00 bits per heavy atom. The van der Waals surface area contributed by atoms with Gasteiger partial charge in [-0.05, 0) is 13.8 Å². The van der Waals surface area contributed by atoms with Crippen LogP contribution in [0.2, 0.25) is 0 Å². The number of esters is 1. The lowest BCUT2D eigenvalue weighted by Crippen LogP contribution is -2.45. The van der Waals surface area contributed by atoms with Gasteiger partial charge in [-0.2, -0.15) is 12.6 Å². The first kappa shape index (κ1) is 13.6. The molecule has 0 radical (unpaired) electrons. The maximum Gasteiger partial charge on any atom is 0.324 e. The fourth-order valence-electron chi connectivity index (χ4n) is 0.415. The van der Waals surface area contributed by atoms with E-state index in [-0.39, 0.29) is 12.4 Å². The monoisotopic (exact) mass is 199 g/mol. The van der Waals surface area contributed by atoms with E-state index >= 15 is 0 Å². The van der Waals surface area contributed by atoms with Crippen LogP contribution in [0.25, 0.3) is 0 Å². The number of halogens is 1. The molecule has 2 N–H and O–H groups in total. The topological polar surface area (TPSA) is 52.3 Å². The first-order chi connectivity index (χ1) is 4.39. The summed E-state index contributed by atoms with van der Waals surface area (Å²) in [5.41, 5.74) is 5.45. The molecule has 0 aromatic rings. The summed E-state index contributed by atoms with van der Waals surface area (Å²) in [5.74, 6) is -0.431. The van der Waals surface area contributed by atoms with Gasteiger partial charge in [0.25, 0.3) is 0 Å². The maximum absolute atomic E-state index is 10.8. The summed E-state index contributed by atoms with van der Waals surface area (Å²) in [6.45, 7) is 3.52. The summed E-state index contributed by atoms with van der Waals surface area (Å²) < 4.78 is 3.90. The van der Waals surface area contributed by atoms with Crippen molar-refractivity contribution < 1.29 is 9.53 Å². The molecule has 0 aromatic carbocycles. The van der Waals surface area contributed by atoms with Gasteiger partial charge in [0.2, 0.25) is 0 Å². The molecule has 0 saturated carbocycles. The van der Waals surface area contributed by atoms with Crippen molar-refractivity contribution in [3.8, 4) is 0 Å². The van der Waals surface area contributed by atoms with Crippen LogP contribution in [0.5, 0.6) is 0 Å². The van der Waals surface area contributed by atoms with Crippen LogP contribution < -0.4 is 5.73 Å². The smallest absolute Gasteiger partial charge is 0.324 e. The zero-order valence-corrected chi connectivity index (χ0v) is 8.54. The summed E-state index contributed by atoms with van der Waals surface area (Å²) in [7, 11) is 1.31. The van der Waals surface area contributed by atoms with Crippen LogP contribution in [0.4, 0.5) is 0 Å². The van der Waals surface area contributed by atoms with E-state index in [2.05, 4.69) is 17.4 Å².